The van der Waals surface area contributed by atoms with E-state index < -0.39 is 17.1 Å². The maximum Gasteiger partial charge on any atom is 0.303 e. The van der Waals surface area contributed by atoms with E-state index >= 15 is 0 Å². The first-order chi connectivity index (χ1) is 13.3. The molecule has 0 saturated heterocycles. The molecule has 2 aliphatic carbocycles. The zero-order valence-electron chi connectivity index (χ0n) is 19.4. The molecular weight excluding hydrogens is 366 g/mol. The van der Waals surface area contributed by atoms with Gasteiger partial charge in [-0.2, -0.15) is 0 Å². The van der Waals surface area contributed by atoms with Crippen molar-refractivity contribution in [3.63, 3.8) is 0 Å². The Morgan fingerprint density at radius 1 is 1.38 bits per heavy atom. The van der Waals surface area contributed by atoms with E-state index in [-0.39, 0.29) is 35.5 Å². The van der Waals surface area contributed by atoms with Gasteiger partial charge in [0.05, 0.1) is 12.0 Å². The van der Waals surface area contributed by atoms with Crippen LogP contribution in [0.15, 0.2) is 11.6 Å². The van der Waals surface area contributed by atoms with Crippen molar-refractivity contribution < 1.29 is 19.4 Å². The monoisotopic (exact) mass is 405 g/mol. The quantitative estimate of drug-likeness (QED) is 0.557. The van der Waals surface area contributed by atoms with Gasteiger partial charge in [-0.05, 0) is 50.0 Å². The van der Waals surface area contributed by atoms with Crippen LogP contribution in [0.2, 0.25) is 0 Å². The summed E-state index contributed by atoms with van der Waals surface area (Å²) in [6.45, 7) is 16.8. The number of carbonyl (C=O) groups is 2. The highest BCUT2D eigenvalue weighted by molar-refractivity contribution is 5.81. The molecule has 1 fully saturated rings. The number of hydrogen-bond donors (Lipinski definition) is 1. The fraction of sp³-hybridized carbons (Fsp3) is 0.792. The topological polar surface area (TPSA) is 66.8 Å². The van der Waals surface area contributed by atoms with Crippen LogP contribution < -0.4 is 0 Å². The molecule has 1 saturated carbocycles. The molecule has 0 aromatic rings. The van der Waals surface area contributed by atoms with Gasteiger partial charge in [0.1, 0.15) is 6.10 Å². The number of ether oxygens (including phenoxy) is 1. The first kappa shape index (κ1) is 23.9. The van der Waals surface area contributed by atoms with Gasteiger partial charge in [-0.1, -0.05) is 40.7 Å². The standard InChI is InChI=1S/C24H39NO4/c1-9-25(22(27)23(6,7)8)14-16(3)19-11-10-17(4)24(28)13-21(29-18(5)26)15(2)12-20(19)24/h12,16-17,19-21,28H,9-11,14H2,1-8H3/t16-,17-,19+,20-,21-,24-/m1/s1. The van der Waals surface area contributed by atoms with E-state index in [9.17, 15) is 14.7 Å². The van der Waals surface area contributed by atoms with Gasteiger partial charge in [-0.3, -0.25) is 9.59 Å². The van der Waals surface area contributed by atoms with Crippen molar-refractivity contribution in [1.82, 2.24) is 4.90 Å². The third kappa shape index (κ3) is 5.04. The molecule has 1 amide bonds. The number of aliphatic hydroxyl groups is 1. The average Bonchev–Trinajstić information content (AvgIpc) is 2.60. The van der Waals surface area contributed by atoms with Crippen LogP contribution in [0, 0.1) is 35.5 Å². The lowest BCUT2D eigenvalue weighted by Crippen LogP contribution is -2.57. The third-order valence-electron chi connectivity index (χ3n) is 6.71. The zero-order chi connectivity index (χ0) is 22.1. The molecule has 0 unspecified atom stereocenters. The number of fused-ring (bicyclic) bond motifs is 1. The summed E-state index contributed by atoms with van der Waals surface area (Å²) < 4.78 is 5.38. The Hall–Kier alpha value is -1.36. The molecule has 1 N–H and O–H groups in total. The molecule has 29 heavy (non-hydrogen) atoms. The molecule has 164 valence electrons. The van der Waals surface area contributed by atoms with Crippen molar-refractivity contribution in [2.75, 3.05) is 13.1 Å². The van der Waals surface area contributed by atoms with Gasteiger partial charge in [0.2, 0.25) is 5.91 Å². The predicted octanol–water partition coefficient (Wildman–Crippen LogP) is 3.88. The normalized spacial score (nSPS) is 33.3. The number of amides is 1. The summed E-state index contributed by atoms with van der Waals surface area (Å²) in [4.78, 5) is 26.2. The zero-order valence-corrected chi connectivity index (χ0v) is 19.4. The number of esters is 1. The molecule has 0 heterocycles. The fourth-order valence-electron chi connectivity index (χ4n) is 4.92. The summed E-state index contributed by atoms with van der Waals surface area (Å²) >= 11 is 0. The van der Waals surface area contributed by atoms with Crippen molar-refractivity contribution in [2.45, 2.75) is 79.9 Å². The number of carbonyl (C=O) groups excluding carboxylic acids is 2. The molecule has 5 nitrogen and oxygen atoms in total. The molecule has 5 heteroatoms. The Morgan fingerprint density at radius 3 is 2.52 bits per heavy atom. The Bertz CT molecular complexity index is 650. The largest absolute Gasteiger partial charge is 0.457 e. The minimum atomic E-state index is -1.12. The van der Waals surface area contributed by atoms with E-state index in [1.165, 1.54) is 6.92 Å². The van der Waals surface area contributed by atoms with Crippen molar-refractivity contribution in [2.24, 2.45) is 29.1 Å². The molecule has 0 aliphatic heterocycles. The smallest absolute Gasteiger partial charge is 0.303 e. The number of nitrogens with zero attached hydrogens (tertiary/aromatic N) is 1. The molecule has 2 radical (unpaired) electrons. The van der Waals surface area contributed by atoms with Gasteiger partial charge in [-0.25, -0.2) is 0 Å². The van der Waals surface area contributed by atoms with E-state index in [0.717, 1.165) is 18.4 Å². The Labute approximate surface area is 176 Å². The molecule has 0 spiro atoms. The molecule has 2 rings (SSSR count). The maximum atomic E-state index is 12.8. The van der Waals surface area contributed by atoms with Crippen LogP contribution in [-0.4, -0.2) is 46.7 Å². The van der Waals surface area contributed by atoms with Gasteiger partial charge < -0.3 is 14.7 Å². The summed E-state index contributed by atoms with van der Waals surface area (Å²) in [5.41, 5.74) is -0.612. The lowest BCUT2D eigenvalue weighted by Gasteiger charge is -2.52. The minimum Gasteiger partial charge on any atom is -0.457 e. The molecule has 0 aromatic heterocycles. The van der Waals surface area contributed by atoms with Crippen LogP contribution in [0.4, 0.5) is 0 Å². The average molecular weight is 406 g/mol. The third-order valence-corrected chi connectivity index (χ3v) is 6.71. The first-order valence-corrected chi connectivity index (χ1v) is 11.0. The van der Waals surface area contributed by atoms with E-state index in [0.29, 0.717) is 13.1 Å². The number of rotatable bonds is 5. The lowest BCUT2D eigenvalue weighted by atomic mass is 9.57. The Kier molecular flexibility index (Phi) is 7.25. The second-order valence-electron chi connectivity index (χ2n) is 10.1. The summed E-state index contributed by atoms with van der Waals surface area (Å²) in [6.07, 6.45) is 6.60. The molecular formula is C24H39NO4. The fourth-order valence-corrected chi connectivity index (χ4v) is 4.92. The lowest BCUT2D eigenvalue weighted by molar-refractivity contribution is -0.148. The Morgan fingerprint density at radius 2 is 2.00 bits per heavy atom. The highest BCUT2D eigenvalue weighted by atomic mass is 16.5. The van der Waals surface area contributed by atoms with E-state index in [2.05, 4.69) is 19.4 Å². The van der Waals surface area contributed by atoms with Crippen LogP contribution in [0.5, 0.6) is 0 Å². The van der Waals surface area contributed by atoms with E-state index in [1.807, 2.05) is 46.4 Å². The molecule has 2 aliphatic rings. The van der Waals surface area contributed by atoms with Crippen molar-refractivity contribution in [1.29, 1.82) is 0 Å². The van der Waals surface area contributed by atoms with Crippen LogP contribution in [0.25, 0.3) is 0 Å². The van der Waals surface area contributed by atoms with Crippen LogP contribution in [-0.2, 0) is 14.3 Å². The molecule has 0 aromatic carbocycles. The predicted molar refractivity (Wildman–Crippen MR) is 114 cm³/mol. The first-order valence-electron chi connectivity index (χ1n) is 11.0. The summed E-state index contributed by atoms with van der Waals surface area (Å²) in [6, 6.07) is 0. The highest BCUT2D eigenvalue weighted by Crippen LogP contribution is 2.50. The maximum absolute atomic E-state index is 12.8. The number of hydrogen-bond acceptors (Lipinski definition) is 4. The van der Waals surface area contributed by atoms with Gasteiger partial charge in [0.15, 0.2) is 0 Å². The SMILES string of the molecule is CCN(C[C@@H](C)[C@@H]1CC[C@@H](C)[C@]2(O)[C][C@@H](OC(C)=O)C(C)=C[C@H]12)C(=O)C(C)(C)C. The summed E-state index contributed by atoms with van der Waals surface area (Å²) in [5, 5.41) is 11.6. The summed E-state index contributed by atoms with van der Waals surface area (Å²) in [7, 11) is 0. The summed E-state index contributed by atoms with van der Waals surface area (Å²) in [5.74, 6) is 0.216. The van der Waals surface area contributed by atoms with Crippen molar-refractivity contribution in [3.05, 3.63) is 18.1 Å². The second kappa shape index (κ2) is 8.79. The Balaban J connectivity index is 2.26. The van der Waals surface area contributed by atoms with Crippen molar-refractivity contribution >= 4 is 11.9 Å². The van der Waals surface area contributed by atoms with Crippen LogP contribution >= 0.6 is 0 Å². The second-order valence-corrected chi connectivity index (χ2v) is 10.1. The van der Waals surface area contributed by atoms with Gasteiger partial charge in [-0.15, -0.1) is 0 Å². The van der Waals surface area contributed by atoms with E-state index in [1.54, 1.807) is 0 Å². The van der Waals surface area contributed by atoms with Crippen molar-refractivity contribution in [3.8, 4) is 0 Å². The van der Waals surface area contributed by atoms with Gasteiger partial charge in [0.25, 0.3) is 0 Å². The van der Waals surface area contributed by atoms with Crippen LogP contribution in [0.1, 0.15) is 68.2 Å². The molecule has 0 bridgehead atoms. The van der Waals surface area contributed by atoms with Crippen LogP contribution in [0.3, 0.4) is 0 Å². The van der Waals surface area contributed by atoms with Gasteiger partial charge >= 0.3 is 5.97 Å². The highest BCUT2D eigenvalue weighted by Gasteiger charge is 2.53. The minimum absolute atomic E-state index is 0.0387. The van der Waals surface area contributed by atoms with Gasteiger partial charge in [0, 0.05) is 31.3 Å². The molecule has 6 atom stereocenters. The van der Waals surface area contributed by atoms with E-state index in [4.69, 9.17) is 4.74 Å².